The number of nitrogens with one attached hydrogen (secondary N) is 2. The largest absolute Gasteiger partial charge is 0.493 e. The van der Waals surface area contributed by atoms with Crippen molar-refractivity contribution < 1.29 is 14.3 Å². The Morgan fingerprint density at radius 3 is 2.74 bits per heavy atom. The number of benzene rings is 2. The molecule has 1 aliphatic heterocycles. The highest BCUT2D eigenvalue weighted by molar-refractivity contribution is 7.98. The number of aromatic nitrogens is 2. The molecule has 1 atom stereocenters. The number of nitrogens with zero attached hydrogens (tertiary/aromatic N) is 1. The van der Waals surface area contributed by atoms with Gasteiger partial charge in [-0.3, -0.25) is 9.59 Å². The first-order valence-electron chi connectivity index (χ1n) is 9.52. The van der Waals surface area contributed by atoms with E-state index in [1.807, 2.05) is 24.3 Å². The molecule has 1 aromatic heterocycles. The van der Waals surface area contributed by atoms with E-state index in [0.29, 0.717) is 33.1 Å². The van der Waals surface area contributed by atoms with Gasteiger partial charge in [-0.05, 0) is 30.0 Å². The fourth-order valence-electron chi connectivity index (χ4n) is 3.52. The summed E-state index contributed by atoms with van der Waals surface area (Å²) < 4.78 is 11.4. The van der Waals surface area contributed by atoms with Crippen LogP contribution in [0.2, 0.25) is 5.02 Å². The highest BCUT2D eigenvalue weighted by Crippen LogP contribution is 2.38. The van der Waals surface area contributed by atoms with Gasteiger partial charge in [0.1, 0.15) is 12.4 Å². The third-order valence-corrected chi connectivity index (χ3v) is 6.00. The lowest BCUT2D eigenvalue weighted by Crippen LogP contribution is -2.31. The average Bonchev–Trinajstić information content (AvgIpc) is 2.77. The molecule has 1 amide bonds. The molecule has 3 aromatic rings. The van der Waals surface area contributed by atoms with E-state index >= 15 is 0 Å². The number of amides is 1. The third-order valence-electron chi connectivity index (χ3n) is 5.05. The highest BCUT2D eigenvalue weighted by Gasteiger charge is 2.31. The maximum atomic E-state index is 12.7. The van der Waals surface area contributed by atoms with Gasteiger partial charge in [0.15, 0.2) is 16.7 Å². The molecular weight excluding hydrogens is 438 g/mol. The number of rotatable bonds is 6. The second-order valence-electron chi connectivity index (χ2n) is 6.93. The van der Waals surface area contributed by atoms with E-state index in [9.17, 15) is 9.59 Å². The Morgan fingerprint density at radius 1 is 1.19 bits per heavy atom. The van der Waals surface area contributed by atoms with Gasteiger partial charge < -0.3 is 19.8 Å². The van der Waals surface area contributed by atoms with Gasteiger partial charge >= 0.3 is 0 Å². The van der Waals surface area contributed by atoms with Gasteiger partial charge in [-0.25, -0.2) is 4.98 Å². The summed E-state index contributed by atoms with van der Waals surface area (Å²) in [5.74, 6) is 0.703. The van der Waals surface area contributed by atoms with Crippen LogP contribution in [-0.4, -0.2) is 29.2 Å². The van der Waals surface area contributed by atoms with Gasteiger partial charge in [-0.2, -0.15) is 0 Å². The van der Waals surface area contributed by atoms with Gasteiger partial charge in [-0.15, -0.1) is 0 Å². The maximum absolute atomic E-state index is 12.7. The summed E-state index contributed by atoms with van der Waals surface area (Å²) >= 11 is 7.50. The van der Waals surface area contributed by atoms with Crippen molar-refractivity contribution in [3.8, 4) is 11.5 Å². The molecule has 0 aliphatic carbocycles. The van der Waals surface area contributed by atoms with Gasteiger partial charge in [-0.1, -0.05) is 47.6 Å². The lowest BCUT2D eigenvalue weighted by Gasteiger charge is -2.25. The first-order valence-corrected chi connectivity index (χ1v) is 11.1. The van der Waals surface area contributed by atoms with Crippen molar-refractivity contribution >= 4 is 35.1 Å². The monoisotopic (exact) mass is 457 g/mol. The summed E-state index contributed by atoms with van der Waals surface area (Å²) in [6, 6.07) is 12.8. The van der Waals surface area contributed by atoms with Crippen LogP contribution < -0.4 is 20.3 Å². The summed E-state index contributed by atoms with van der Waals surface area (Å²) in [4.78, 5) is 32.1. The van der Waals surface area contributed by atoms with Gasteiger partial charge in [0.05, 0.1) is 12.7 Å². The Kier molecular flexibility index (Phi) is 6.20. The quantitative estimate of drug-likeness (QED) is 0.425. The number of carbonyl (C=O) groups is 1. The molecule has 0 fully saturated rings. The van der Waals surface area contributed by atoms with Crippen molar-refractivity contribution in [3.63, 3.8) is 0 Å². The average molecular weight is 458 g/mol. The Hall–Kier alpha value is -2.97. The van der Waals surface area contributed by atoms with Crippen LogP contribution in [0.15, 0.2) is 52.4 Å². The second-order valence-corrected chi connectivity index (χ2v) is 8.13. The van der Waals surface area contributed by atoms with Gasteiger partial charge in [0.2, 0.25) is 5.91 Å². The molecule has 9 heteroatoms. The molecule has 7 nitrogen and oxygen atoms in total. The van der Waals surface area contributed by atoms with Crippen molar-refractivity contribution in [1.29, 1.82) is 0 Å². The summed E-state index contributed by atoms with van der Waals surface area (Å²) in [7, 11) is 1.54. The minimum absolute atomic E-state index is 0.138. The standard InChI is InChI=1S/C22H20ClN3O4S/c1-29-17-9-12(7-8-16(17)30-11-13-5-3-4-6-15(13)23)14-10-18(27)24-20-19(14)21(28)26-22(25-20)31-2/h3-9,14H,10-11H2,1-2H3,(H2,24,25,26,27,28)/t14-/m1/s1. The molecule has 0 spiro atoms. The Labute approximate surface area is 188 Å². The predicted molar refractivity (Wildman–Crippen MR) is 121 cm³/mol. The van der Waals surface area contributed by atoms with Crippen LogP contribution in [0.3, 0.4) is 0 Å². The second kappa shape index (κ2) is 9.03. The number of H-pyrrole nitrogens is 1. The zero-order valence-corrected chi connectivity index (χ0v) is 18.5. The van der Waals surface area contributed by atoms with Crippen molar-refractivity contribution in [1.82, 2.24) is 9.97 Å². The molecule has 2 aromatic carbocycles. The lowest BCUT2D eigenvalue weighted by atomic mass is 9.86. The van der Waals surface area contributed by atoms with Crippen LogP contribution in [0.4, 0.5) is 5.82 Å². The summed E-state index contributed by atoms with van der Waals surface area (Å²) in [5, 5.41) is 3.78. The smallest absolute Gasteiger partial charge is 0.257 e. The molecule has 0 bridgehead atoms. The van der Waals surface area contributed by atoms with Crippen molar-refractivity contribution in [2.75, 3.05) is 18.7 Å². The number of hydrogen-bond donors (Lipinski definition) is 2. The normalized spacial score (nSPS) is 15.2. The maximum Gasteiger partial charge on any atom is 0.257 e. The summed E-state index contributed by atoms with van der Waals surface area (Å²) in [5.41, 5.74) is 1.79. The van der Waals surface area contributed by atoms with E-state index in [2.05, 4.69) is 15.3 Å². The number of methoxy groups -OCH3 is 1. The SMILES string of the molecule is COc1cc([C@H]2CC(=O)Nc3nc(SC)[nH]c(=O)c32)ccc1OCc1ccccc1Cl. The molecule has 0 saturated heterocycles. The van der Waals surface area contributed by atoms with Crippen LogP contribution in [0.5, 0.6) is 11.5 Å². The highest BCUT2D eigenvalue weighted by atomic mass is 35.5. The van der Waals surface area contributed by atoms with E-state index < -0.39 is 5.92 Å². The van der Waals surface area contributed by atoms with Crippen LogP contribution >= 0.6 is 23.4 Å². The van der Waals surface area contributed by atoms with E-state index in [-0.39, 0.29) is 24.5 Å². The number of ether oxygens (including phenoxy) is 2. The molecule has 0 radical (unpaired) electrons. The van der Waals surface area contributed by atoms with Crippen LogP contribution in [0, 0.1) is 0 Å². The minimum atomic E-state index is -0.442. The number of aromatic amines is 1. The van der Waals surface area contributed by atoms with Crippen LogP contribution in [0.1, 0.15) is 29.0 Å². The van der Waals surface area contributed by atoms with E-state index in [1.165, 1.54) is 11.8 Å². The van der Waals surface area contributed by atoms with E-state index in [0.717, 1.165) is 11.1 Å². The third kappa shape index (κ3) is 4.40. The Bertz CT molecular complexity index is 1200. The molecule has 1 aliphatic rings. The topological polar surface area (TPSA) is 93.3 Å². The number of hydrogen-bond acceptors (Lipinski definition) is 6. The van der Waals surface area contributed by atoms with Gasteiger partial charge in [0, 0.05) is 22.9 Å². The zero-order chi connectivity index (χ0) is 22.0. The molecule has 31 heavy (non-hydrogen) atoms. The zero-order valence-electron chi connectivity index (χ0n) is 16.9. The molecule has 160 valence electrons. The molecular formula is C22H20ClN3O4S. The number of halogens is 1. The van der Waals surface area contributed by atoms with Gasteiger partial charge in [0.25, 0.3) is 5.56 Å². The van der Waals surface area contributed by atoms with Crippen LogP contribution in [-0.2, 0) is 11.4 Å². The first kappa shape index (κ1) is 21.3. The van der Waals surface area contributed by atoms with Crippen molar-refractivity contribution in [3.05, 3.63) is 74.5 Å². The molecule has 2 N–H and O–H groups in total. The number of thioether (sulfide) groups is 1. The molecule has 2 heterocycles. The summed E-state index contributed by atoms with van der Waals surface area (Å²) in [6.07, 6.45) is 1.94. The predicted octanol–water partition coefficient (Wildman–Crippen LogP) is 4.21. The minimum Gasteiger partial charge on any atom is -0.493 e. The number of carbonyl (C=O) groups excluding carboxylic acids is 1. The fraction of sp³-hybridized carbons (Fsp3) is 0.227. The fourth-order valence-corrected chi connectivity index (χ4v) is 4.09. The Balaban J connectivity index is 1.66. The lowest BCUT2D eigenvalue weighted by molar-refractivity contribution is -0.116. The Morgan fingerprint density at radius 2 is 2.00 bits per heavy atom. The van der Waals surface area contributed by atoms with E-state index in [1.54, 1.807) is 31.6 Å². The number of fused-ring (bicyclic) bond motifs is 1. The van der Waals surface area contributed by atoms with Crippen LogP contribution in [0.25, 0.3) is 0 Å². The number of anilines is 1. The van der Waals surface area contributed by atoms with Crippen molar-refractivity contribution in [2.45, 2.75) is 24.1 Å². The molecule has 4 rings (SSSR count). The molecule has 0 saturated carbocycles. The van der Waals surface area contributed by atoms with E-state index in [4.69, 9.17) is 21.1 Å². The first-order chi connectivity index (χ1) is 15.0. The molecule has 0 unspecified atom stereocenters. The van der Waals surface area contributed by atoms with Crippen molar-refractivity contribution in [2.24, 2.45) is 0 Å². The summed E-state index contributed by atoms with van der Waals surface area (Å²) in [6.45, 7) is 0.283.